The fourth-order valence-electron chi connectivity index (χ4n) is 2.25. The molecule has 0 unspecified atom stereocenters. The number of nitrogens with zero attached hydrogens (tertiary/aromatic N) is 1. The van der Waals surface area contributed by atoms with Gasteiger partial charge in [0.25, 0.3) is 0 Å². The molecule has 1 heterocycles. The zero-order valence-electron chi connectivity index (χ0n) is 11.6. The van der Waals surface area contributed by atoms with Gasteiger partial charge < -0.3 is 14.4 Å². The molecule has 0 bridgehead atoms. The third-order valence-corrected chi connectivity index (χ3v) is 3.46. The van der Waals surface area contributed by atoms with Gasteiger partial charge in [0.1, 0.15) is 0 Å². The fraction of sp³-hybridized carbons (Fsp3) is 0.400. The predicted molar refractivity (Wildman–Crippen MR) is 74.5 cm³/mol. The molecule has 2 aromatic rings. The molecule has 0 saturated heterocycles. The highest BCUT2D eigenvalue weighted by Crippen LogP contribution is 2.26. The summed E-state index contributed by atoms with van der Waals surface area (Å²) in [6.07, 6.45) is 2.47. The Morgan fingerprint density at radius 2 is 2.00 bits per heavy atom. The highest BCUT2D eigenvalue weighted by molar-refractivity contribution is 6.04. The lowest BCUT2D eigenvalue weighted by Gasteiger charge is -2.06. The van der Waals surface area contributed by atoms with Crippen LogP contribution in [0.1, 0.15) is 27.9 Å². The van der Waals surface area contributed by atoms with Gasteiger partial charge in [-0.15, -0.1) is 0 Å². The first-order valence-corrected chi connectivity index (χ1v) is 6.37. The van der Waals surface area contributed by atoms with Gasteiger partial charge in [-0.05, 0) is 43.5 Å². The number of benzene rings is 1. The first kappa shape index (κ1) is 13.6. The van der Waals surface area contributed by atoms with Crippen LogP contribution in [0.3, 0.4) is 0 Å². The van der Waals surface area contributed by atoms with Crippen molar-refractivity contribution < 1.29 is 14.6 Å². The van der Waals surface area contributed by atoms with E-state index in [4.69, 9.17) is 9.84 Å². The largest absolute Gasteiger partial charge is 0.465 e. The fourth-order valence-corrected chi connectivity index (χ4v) is 2.25. The Balaban J connectivity index is 2.62. The zero-order chi connectivity index (χ0) is 14.0. The van der Waals surface area contributed by atoms with Crippen LogP contribution >= 0.6 is 0 Å². The molecule has 19 heavy (non-hydrogen) atoms. The average molecular weight is 261 g/mol. The summed E-state index contributed by atoms with van der Waals surface area (Å²) in [5.41, 5.74) is 3.93. The van der Waals surface area contributed by atoms with E-state index in [1.807, 2.05) is 23.8 Å². The number of ether oxygens (including phenoxy) is 1. The van der Waals surface area contributed by atoms with E-state index in [9.17, 15) is 4.79 Å². The summed E-state index contributed by atoms with van der Waals surface area (Å²) in [7, 11) is 1.39. The van der Waals surface area contributed by atoms with Gasteiger partial charge in [0.2, 0.25) is 0 Å². The summed E-state index contributed by atoms with van der Waals surface area (Å²) >= 11 is 0. The van der Waals surface area contributed by atoms with E-state index >= 15 is 0 Å². The van der Waals surface area contributed by atoms with Crippen LogP contribution in [0.25, 0.3) is 10.9 Å². The highest BCUT2D eigenvalue weighted by atomic mass is 16.5. The van der Waals surface area contributed by atoms with Gasteiger partial charge in [-0.3, -0.25) is 0 Å². The molecule has 0 radical (unpaired) electrons. The summed E-state index contributed by atoms with van der Waals surface area (Å²) in [6, 6.07) is 4.10. The van der Waals surface area contributed by atoms with Crippen LogP contribution in [0.5, 0.6) is 0 Å². The number of fused-ring (bicyclic) bond motifs is 1. The Morgan fingerprint density at radius 3 is 2.63 bits per heavy atom. The third kappa shape index (κ3) is 2.49. The summed E-state index contributed by atoms with van der Waals surface area (Å²) in [4.78, 5) is 11.8. The number of esters is 1. The number of aliphatic hydroxyl groups is 1. The van der Waals surface area contributed by atoms with E-state index in [1.54, 1.807) is 0 Å². The van der Waals surface area contributed by atoms with Crippen molar-refractivity contribution in [1.82, 2.24) is 4.57 Å². The van der Waals surface area contributed by atoms with Crippen molar-refractivity contribution in [3.8, 4) is 0 Å². The van der Waals surface area contributed by atoms with Crippen molar-refractivity contribution in [2.45, 2.75) is 26.8 Å². The smallest absolute Gasteiger partial charge is 0.340 e. The van der Waals surface area contributed by atoms with Crippen molar-refractivity contribution in [1.29, 1.82) is 0 Å². The number of aliphatic hydroxyl groups excluding tert-OH is 1. The Morgan fingerprint density at radius 1 is 1.32 bits per heavy atom. The SMILES string of the molecule is COC(=O)c1cn(CCCO)c2cc(C)c(C)cc12. The molecule has 1 aromatic heterocycles. The van der Waals surface area contributed by atoms with Crippen LogP contribution in [0.2, 0.25) is 0 Å². The number of hydrogen-bond acceptors (Lipinski definition) is 3. The van der Waals surface area contributed by atoms with Gasteiger partial charge in [-0.25, -0.2) is 4.79 Å². The maximum absolute atomic E-state index is 11.8. The van der Waals surface area contributed by atoms with Crippen LogP contribution in [-0.4, -0.2) is 29.4 Å². The molecular weight excluding hydrogens is 242 g/mol. The summed E-state index contributed by atoms with van der Waals surface area (Å²) in [5.74, 6) is -0.323. The second-order valence-corrected chi connectivity index (χ2v) is 4.76. The van der Waals surface area contributed by atoms with Gasteiger partial charge in [0.05, 0.1) is 12.7 Å². The molecule has 0 atom stereocenters. The monoisotopic (exact) mass is 261 g/mol. The van der Waals surface area contributed by atoms with E-state index in [0.29, 0.717) is 18.5 Å². The number of carbonyl (C=O) groups excluding carboxylic acids is 1. The average Bonchev–Trinajstić information content (AvgIpc) is 2.74. The number of hydrogen-bond donors (Lipinski definition) is 1. The second-order valence-electron chi connectivity index (χ2n) is 4.76. The maximum Gasteiger partial charge on any atom is 0.340 e. The van der Waals surface area contributed by atoms with E-state index in [-0.39, 0.29) is 12.6 Å². The number of aromatic nitrogens is 1. The number of aryl methyl sites for hydroxylation is 3. The van der Waals surface area contributed by atoms with Crippen molar-refractivity contribution in [3.05, 3.63) is 35.0 Å². The molecule has 0 saturated carbocycles. The van der Waals surface area contributed by atoms with Crippen LogP contribution in [0.15, 0.2) is 18.3 Å². The number of carbonyl (C=O) groups is 1. The van der Waals surface area contributed by atoms with Crippen molar-refractivity contribution in [2.75, 3.05) is 13.7 Å². The molecule has 4 heteroatoms. The second kappa shape index (κ2) is 5.45. The Bertz CT molecular complexity index is 613. The third-order valence-electron chi connectivity index (χ3n) is 3.46. The van der Waals surface area contributed by atoms with E-state index in [0.717, 1.165) is 16.5 Å². The number of methoxy groups -OCH3 is 1. The van der Waals surface area contributed by atoms with Gasteiger partial charge in [-0.1, -0.05) is 0 Å². The molecule has 0 amide bonds. The van der Waals surface area contributed by atoms with Crippen molar-refractivity contribution in [3.63, 3.8) is 0 Å². The zero-order valence-corrected chi connectivity index (χ0v) is 11.6. The standard InChI is InChI=1S/C15H19NO3/c1-10-7-12-13(15(18)19-3)9-16(5-4-6-17)14(12)8-11(10)2/h7-9,17H,4-6H2,1-3H3. The highest BCUT2D eigenvalue weighted by Gasteiger charge is 2.16. The minimum Gasteiger partial charge on any atom is -0.465 e. The van der Waals surface area contributed by atoms with Crippen LogP contribution in [0, 0.1) is 13.8 Å². The lowest BCUT2D eigenvalue weighted by Crippen LogP contribution is -2.01. The number of rotatable bonds is 4. The van der Waals surface area contributed by atoms with Gasteiger partial charge in [-0.2, -0.15) is 0 Å². The molecular formula is C15H19NO3. The molecule has 1 aromatic carbocycles. The normalized spacial score (nSPS) is 10.9. The van der Waals surface area contributed by atoms with Crippen molar-refractivity contribution in [2.24, 2.45) is 0 Å². The molecule has 4 nitrogen and oxygen atoms in total. The molecule has 102 valence electrons. The quantitative estimate of drug-likeness (QED) is 0.860. The summed E-state index contributed by atoms with van der Waals surface area (Å²) in [5, 5.41) is 9.87. The molecule has 2 rings (SSSR count). The molecule has 0 aliphatic carbocycles. The minimum absolute atomic E-state index is 0.137. The van der Waals surface area contributed by atoms with E-state index < -0.39 is 0 Å². The van der Waals surface area contributed by atoms with E-state index in [1.165, 1.54) is 12.7 Å². The van der Waals surface area contributed by atoms with Gasteiger partial charge in [0.15, 0.2) is 0 Å². The lowest BCUT2D eigenvalue weighted by molar-refractivity contribution is 0.0602. The first-order chi connectivity index (χ1) is 9.08. The molecule has 0 aliphatic rings. The molecule has 0 fully saturated rings. The van der Waals surface area contributed by atoms with Crippen molar-refractivity contribution >= 4 is 16.9 Å². The van der Waals surface area contributed by atoms with Gasteiger partial charge in [0, 0.05) is 30.3 Å². The molecule has 0 aliphatic heterocycles. The molecule has 1 N–H and O–H groups in total. The Kier molecular flexibility index (Phi) is 3.90. The summed E-state index contributed by atoms with van der Waals surface area (Å²) in [6.45, 7) is 4.90. The van der Waals surface area contributed by atoms with Gasteiger partial charge >= 0.3 is 5.97 Å². The lowest BCUT2D eigenvalue weighted by atomic mass is 10.1. The van der Waals surface area contributed by atoms with Crippen LogP contribution < -0.4 is 0 Å². The van der Waals surface area contributed by atoms with Crippen LogP contribution in [-0.2, 0) is 11.3 Å². The minimum atomic E-state index is -0.323. The topological polar surface area (TPSA) is 51.5 Å². The van der Waals surface area contributed by atoms with Crippen LogP contribution in [0.4, 0.5) is 0 Å². The van der Waals surface area contributed by atoms with E-state index in [2.05, 4.69) is 13.0 Å². The molecule has 0 spiro atoms. The Labute approximate surface area is 112 Å². The Hall–Kier alpha value is -1.81. The predicted octanol–water partition coefficient (Wildman–Crippen LogP) is 2.43. The first-order valence-electron chi connectivity index (χ1n) is 6.37. The summed E-state index contributed by atoms with van der Waals surface area (Å²) < 4.78 is 6.83. The maximum atomic E-state index is 11.8.